The summed E-state index contributed by atoms with van der Waals surface area (Å²) in [6.07, 6.45) is 0.770. The lowest BCUT2D eigenvalue weighted by atomic mass is 9.92. The van der Waals surface area contributed by atoms with Crippen molar-refractivity contribution in [1.82, 2.24) is 30.0 Å². The summed E-state index contributed by atoms with van der Waals surface area (Å²) in [7, 11) is 3.41. The second-order valence-electron chi connectivity index (χ2n) is 19.1. The summed E-state index contributed by atoms with van der Waals surface area (Å²) in [5.41, 5.74) is 7.11. The van der Waals surface area contributed by atoms with E-state index in [-0.39, 0.29) is 46.9 Å². The molecule has 5 aliphatic rings. The van der Waals surface area contributed by atoms with E-state index < -0.39 is 47.5 Å². The van der Waals surface area contributed by atoms with Gasteiger partial charge in [0.25, 0.3) is 11.8 Å². The second kappa shape index (κ2) is 18.2. The van der Waals surface area contributed by atoms with Gasteiger partial charge in [0.2, 0.25) is 17.7 Å². The Morgan fingerprint density at radius 1 is 0.941 bits per heavy atom. The molecule has 1 aliphatic carbocycles. The maximum absolute atomic E-state index is 13.9. The summed E-state index contributed by atoms with van der Waals surface area (Å²) in [6, 6.07) is 11.0. The van der Waals surface area contributed by atoms with Crippen LogP contribution < -0.4 is 30.7 Å². The van der Waals surface area contributed by atoms with Crippen LogP contribution in [0.3, 0.4) is 0 Å². The number of benzene rings is 3. The molecule has 1 unspecified atom stereocenters. The number of ether oxygens (including phenoxy) is 2. The highest BCUT2D eigenvalue weighted by Gasteiger charge is 2.47. The predicted octanol–water partition coefficient (Wildman–Crippen LogP) is 6.12. The van der Waals surface area contributed by atoms with Gasteiger partial charge in [-0.2, -0.15) is 13.2 Å². The predicted molar refractivity (Wildman–Crippen MR) is 246 cm³/mol. The minimum Gasteiger partial charge on any atom is -0.493 e. The number of rotatable bonds is 13. The van der Waals surface area contributed by atoms with E-state index in [9.17, 15) is 37.1 Å². The van der Waals surface area contributed by atoms with Gasteiger partial charge in [0.15, 0.2) is 11.5 Å². The lowest BCUT2D eigenvalue weighted by molar-refractivity contribution is -0.138. The van der Waals surface area contributed by atoms with Gasteiger partial charge in [0.05, 0.1) is 42.0 Å². The largest absolute Gasteiger partial charge is 0.493 e. The van der Waals surface area contributed by atoms with Gasteiger partial charge in [-0.1, -0.05) is 0 Å². The number of nitrogens with one attached hydrogen (secondary N) is 2. The van der Waals surface area contributed by atoms with E-state index >= 15 is 0 Å². The van der Waals surface area contributed by atoms with E-state index in [4.69, 9.17) is 15.2 Å². The quantitative estimate of drug-likeness (QED) is 0.103. The molecular weight excluding hydrogens is 884 g/mol. The SMILES string of the molecule is COc1cc2nc(C)nc(N[C@H](C)c3cc(N)cc(C(F)(F)F)c3)c2cc1OCC1(CN(C)C(=O)C2CCN(C3CCN(c4ccc5c(c4)C(=O)N(C4CCC(=O)NC4=O)C5=O)CC3)CC2)CC1. The van der Waals surface area contributed by atoms with Crippen LogP contribution in [0.25, 0.3) is 10.9 Å². The van der Waals surface area contributed by atoms with Crippen molar-refractivity contribution >= 4 is 57.6 Å². The molecule has 4 N–H and O–H groups in total. The number of likely N-dealkylation sites (tertiary alicyclic amines) is 1. The van der Waals surface area contributed by atoms with Crippen LogP contribution in [0.4, 0.5) is 30.4 Å². The molecule has 0 bridgehead atoms. The summed E-state index contributed by atoms with van der Waals surface area (Å²) < 4.78 is 53.0. The van der Waals surface area contributed by atoms with Gasteiger partial charge in [0.1, 0.15) is 17.7 Å². The van der Waals surface area contributed by atoms with E-state index in [0.717, 1.165) is 87.4 Å². The number of methoxy groups -OCH3 is 1. The lowest BCUT2D eigenvalue weighted by Crippen LogP contribution is -2.54. The van der Waals surface area contributed by atoms with Crippen LogP contribution in [0.5, 0.6) is 11.5 Å². The highest BCUT2D eigenvalue weighted by molar-refractivity contribution is 6.23. The van der Waals surface area contributed by atoms with Crippen LogP contribution in [0, 0.1) is 18.3 Å². The maximum Gasteiger partial charge on any atom is 0.416 e. The molecule has 5 heterocycles. The number of hydrogen-bond donors (Lipinski definition) is 3. The van der Waals surface area contributed by atoms with E-state index in [2.05, 4.69) is 30.4 Å². The molecule has 0 radical (unpaired) electrons. The zero-order valence-corrected chi connectivity index (χ0v) is 38.6. The van der Waals surface area contributed by atoms with Gasteiger partial charge in [-0.3, -0.25) is 34.2 Å². The van der Waals surface area contributed by atoms with Crippen LogP contribution in [-0.2, 0) is 20.6 Å². The molecule has 9 rings (SSSR count). The van der Waals surface area contributed by atoms with E-state index in [1.165, 1.54) is 6.07 Å². The number of carbonyl (C=O) groups is 5. The summed E-state index contributed by atoms with van der Waals surface area (Å²) in [6.45, 7) is 7.54. The Labute approximate surface area is 391 Å². The van der Waals surface area contributed by atoms with Gasteiger partial charge in [-0.15, -0.1) is 0 Å². The first-order chi connectivity index (χ1) is 32.4. The summed E-state index contributed by atoms with van der Waals surface area (Å²) >= 11 is 0. The Hall–Kier alpha value is -6.50. The number of piperidine rings is 3. The third kappa shape index (κ3) is 9.36. The Kier molecular flexibility index (Phi) is 12.5. The number of fused-ring (bicyclic) bond motifs is 2. The molecule has 360 valence electrons. The number of carbonyl (C=O) groups excluding carboxylic acids is 5. The van der Waals surface area contributed by atoms with Gasteiger partial charge >= 0.3 is 6.18 Å². The molecule has 3 saturated heterocycles. The molecule has 5 amide bonds. The maximum atomic E-state index is 13.9. The second-order valence-corrected chi connectivity index (χ2v) is 19.1. The first kappa shape index (κ1) is 46.6. The zero-order valence-electron chi connectivity index (χ0n) is 38.6. The standard InChI is InChI=1S/C49H56F3N9O7/c1-27(30-19-31(49(50,51)52)21-32(53)20-30)54-43-37-23-41(40(67-4)24-38(37)55-28(2)56-43)68-26-48(13-14-48)25-58(3)45(64)29-9-15-59(16-10-29)33-11-17-60(18-12-33)34-5-6-35-36(22-34)47(66)61(46(35)65)39-7-8-42(62)57-44(39)63/h5-6,19-24,27,29,33,39H,7-18,25-26,53H2,1-4H3,(H,54,55,56)(H,57,62,63)/t27-,39?/m1/s1. The summed E-state index contributed by atoms with van der Waals surface area (Å²) in [4.78, 5) is 81.4. The monoisotopic (exact) mass is 939 g/mol. The van der Waals surface area contributed by atoms with Crippen LogP contribution in [0.15, 0.2) is 48.5 Å². The molecule has 2 atom stereocenters. The van der Waals surface area contributed by atoms with Gasteiger partial charge < -0.3 is 35.2 Å². The average Bonchev–Trinajstić information content (AvgIpc) is 4.04. The number of anilines is 3. The molecule has 0 spiro atoms. The third-order valence-corrected chi connectivity index (χ3v) is 14.3. The number of nitrogens with two attached hydrogens (primary N) is 1. The number of alkyl halides is 3. The van der Waals surface area contributed by atoms with Crippen molar-refractivity contribution in [2.75, 3.05) is 69.4 Å². The number of nitrogen functional groups attached to an aromatic ring is 1. The molecule has 16 nitrogen and oxygen atoms in total. The number of amides is 5. The molecule has 19 heteroatoms. The third-order valence-electron chi connectivity index (χ3n) is 14.3. The zero-order chi connectivity index (χ0) is 48.2. The smallest absolute Gasteiger partial charge is 0.416 e. The Morgan fingerprint density at radius 3 is 2.34 bits per heavy atom. The van der Waals surface area contributed by atoms with Crippen LogP contribution >= 0.6 is 0 Å². The minimum absolute atomic E-state index is 0.00487. The first-order valence-corrected chi connectivity index (χ1v) is 23.2. The molecule has 3 aromatic carbocycles. The number of halogens is 3. The fourth-order valence-corrected chi connectivity index (χ4v) is 10.3. The molecule has 4 aliphatic heterocycles. The molecule has 1 aromatic heterocycles. The molecule has 4 fully saturated rings. The molecule has 68 heavy (non-hydrogen) atoms. The Balaban J connectivity index is 0.770. The Bertz CT molecular complexity index is 2680. The fraction of sp³-hybridized carbons (Fsp3) is 0.490. The highest BCUT2D eigenvalue weighted by atomic mass is 19.4. The van der Waals surface area contributed by atoms with E-state index in [1.54, 1.807) is 45.2 Å². The first-order valence-electron chi connectivity index (χ1n) is 23.2. The average molecular weight is 940 g/mol. The van der Waals surface area contributed by atoms with Crippen LogP contribution in [-0.4, -0.2) is 120 Å². The van der Waals surface area contributed by atoms with Crippen LogP contribution in [0.2, 0.25) is 0 Å². The minimum atomic E-state index is -4.55. The number of imide groups is 2. The number of aromatic nitrogens is 2. The summed E-state index contributed by atoms with van der Waals surface area (Å²) in [5, 5.41) is 6.10. The highest BCUT2D eigenvalue weighted by Crippen LogP contribution is 2.48. The number of aryl methyl sites for hydroxylation is 1. The van der Waals surface area contributed by atoms with Crippen molar-refractivity contribution in [3.8, 4) is 11.5 Å². The normalized spacial score (nSPS) is 20.6. The topological polar surface area (TPSA) is 193 Å². The van der Waals surface area contributed by atoms with Crippen molar-refractivity contribution in [2.45, 2.75) is 89.5 Å². The van der Waals surface area contributed by atoms with Crippen molar-refractivity contribution in [3.63, 3.8) is 0 Å². The van der Waals surface area contributed by atoms with Crippen LogP contribution in [0.1, 0.15) is 102 Å². The number of hydrogen-bond acceptors (Lipinski definition) is 13. The van der Waals surface area contributed by atoms with Gasteiger partial charge in [0, 0.05) is 73.3 Å². The Morgan fingerprint density at radius 2 is 1.66 bits per heavy atom. The van der Waals surface area contributed by atoms with Gasteiger partial charge in [-0.05, 0) is 120 Å². The fourth-order valence-electron chi connectivity index (χ4n) is 10.3. The molecular formula is C49H56F3N9O7. The van der Waals surface area contributed by atoms with Crippen molar-refractivity contribution in [3.05, 3.63) is 76.6 Å². The van der Waals surface area contributed by atoms with Crippen molar-refractivity contribution < 1.29 is 46.6 Å². The van der Waals surface area contributed by atoms with Crippen molar-refractivity contribution in [2.24, 2.45) is 11.3 Å². The van der Waals surface area contributed by atoms with E-state index in [0.29, 0.717) is 58.8 Å². The van der Waals surface area contributed by atoms with Gasteiger partial charge in [-0.25, -0.2) is 9.97 Å². The lowest BCUT2D eigenvalue weighted by Gasteiger charge is -2.42. The molecule has 1 saturated carbocycles. The summed E-state index contributed by atoms with van der Waals surface area (Å²) in [5.74, 6) is -0.217. The number of nitrogens with zero attached hydrogens (tertiary/aromatic N) is 6. The van der Waals surface area contributed by atoms with Crippen molar-refractivity contribution in [1.29, 1.82) is 0 Å². The van der Waals surface area contributed by atoms with E-state index in [1.807, 2.05) is 18.0 Å². The molecule has 4 aromatic rings.